The average Bonchev–Trinajstić information content (AvgIpc) is 3.01. The second-order valence-corrected chi connectivity index (χ2v) is 5.76. The first-order valence-electron chi connectivity index (χ1n) is 6.44. The zero-order chi connectivity index (χ0) is 16.4. The normalized spacial score (nSPS) is 21.2. The lowest BCUT2D eigenvalue weighted by atomic mass is 10.2. The summed E-state index contributed by atoms with van der Waals surface area (Å²) < 4.78 is 0. The SMILES string of the molecule is O=C(O)CC1SC(=NN=Cc2cccc3c2=NC(=O)N=3)NC1=O. The third kappa shape index (κ3) is 3.31. The summed E-state index contributed by atoms with van der Waals surface area (Å²) in [5.41, 5.74) is 0.567. The lowest BCUT2D eigenvalue weighted by Gasteiger charge is -1.97. The molecule has 1 aromatic rings. The van der Waals surface area contributed by atoms with Crippen LogP contribution in [0.15, 0.2) is 38.4 Å². The van der Waals surface area contributed by atoms with Crippen LogP contribution in [-0.4, -0.2) is 39.6 Å². The van der Waals surface area contributed by atoms with Crippen LogP contribution in [-0.2, 0) is 9.59 Å². The highest BCUT2D eigenvalue weighted by Crippen LogP contribution is 2.22. The Bertz CT molecular complexity index is 892. The number of rotatable bonds is 4. The van der Waals surface area contributed by atoms with Crippen molar-refractivity contribution < 1.29 is 19.5 Å². The first-order valence-corrected chi connectivity index (χ1v) is 7.31. The van der Waals surface area contributed by atoms with Gasteiger partial charge in [0.25, 0.3) is 0 Å². The number of carbonyl (C=O) groups is 3. The summed E-state index contributed by atoms with van der Waals surface area (Å²) in [5.74, 6) is -1.47. The number of urea groups is 1. The van der Waals surface area contributed by atoms with E-state index in [-0.39, 0.29) is 11.6 Å². The van der Waals surface area contributed by atoms with Crippen LogP contribution < -0.4 is 16.0 Å². The second-order valence-electron chi connectivity index (χ2n) is 4.56. The molecule has 1 fully saturated rings. The number of amides is 3. The van der Waals surface area contributed by atoms with E-state index in [2.05, 4.69) is 25.5 Å². The molecular weight excluding hydrogens is 322 g/mol. The summed E-state index contributed by atoms with van der Waals surface area (Å²) in [6.45, 7) is 0. The van der Waals surface area contributed by atoms with Crippen molar-refractivity contribution in [2.75, 3.05) is 0 Å². The maximum absolute atomic E-state index is 11.5. The highest BCUT2D eigenvalue weighted by molar-refractivity contribution is 8.15. The minimum atomic E-state index is -1.06. The first kappa shape index (κ1) is 15.0. The van der Waals surface area contributed by atoms with Gasteiger partial charge in [-0.1, -0.05) is 23.9 Å². The maximum Gasteiger partial charge on any atom is 0.368 e. The standard InChI is InChI=1S/C13H9N5O4S/c19-9(20)4-8-11(21)17-13(23-8)18-14-5-6-2-1-3-7-10(6)16-12(22)15-7/h1-3,5,8H,4H2,(H,19,20)(H,17,18,21). The largest absolute Gasteiger partial charge is 0.481 e. The number of hydrogen-bond acceptors (Lipinski definition) is 6. The molecule has 1 unspecified atom stereocenters. The molecule has 1 saturated heterocycles. The number of carboxylic acids is 1. The van der Waals surface area contributed by atoms with Crippen LogP contribution in [0.25, 0.3) is 0 Å². The Morgan fingerprint density at radius 3 is 3.00 bits per heavy atom. The van der Waals surface area contributed by atoms with Gasteiger partial charge in [-0.15, -0.1) is 5.10 Å². The Labute approximate surface area is 132 Å². The van der Waals surface area contributed by atoms with Gasteiger partial charge in [0, 0.05) is 5.56 Å². The molecule has 2 aliphatic heterocycles. The number of fused-ring (bicyclic) bond motifs is 1. The van der Waals surface area contributed by atoms with Crippen LogP contribution in [0.2, 0.25) is 0 Å². The smallest absolute Gasteiger partial charge is 0.368 e. The van der Waals surface area contributed by atoms with Gasteiger partial charge >= 0.3 is 12.0 Å². The van der Waals surface area contributed by atoms with E-state index in [1.807, 2.05) is 0 Å². The monoisotopic (exact) mass is 331 g/mol. The van der Waals surface area contributed by atoms with Gasteiger partial charge in [0.1, 0.15) is 10.6 Å². The molecule has 2 aliphatic rings. The van der Waals surface area contributed by atoms with Crippen molar-refractivity contribution >= 4 is 41.1 Å². The molecule has 0 bridgehead atoms. The molecular formula is C13H9N5O4S. The van der Waals surface area contributed by atoms with Gasteiger partial charge in [-0.2, -0.15) is 15.1 Å². The fraction of sp³-hybridized carbons (Fsp3) is 0.154. The van der Waals surface area contributed by atoms with Gasteiger partial charge in [0.15, 0.2) is 5.17 Å². The van der Waals surface area contributed by atoms with Crippen molar-refractivity contribution in [3.63, 3.8) is 0 Å². The van der Waals surface area contributed by atoms with Crippen molar-refractivity contribution in [1.82, 2.24) is 5.32 Å². The number of hydrogen-bond donors (Lipinski definition) is 2. The molecule has 0 aliphatic carbocycles. The molecule has 0 saturated carbocycles. The minimum absolute atomic E-state index is 0.225. The topological polar surface area (TPSA) is 133 Å². The van der Waals surface area contributed by atoms with Gasteiger partial charge in [-0.25, -0.2) is 4.79 Å². The zero-order valence-corrected chi connectivity index (χ0v) is 12.3. The molecule has 9 nitrogen and oxygen atoms in total. The van der Waals surface area contributed by atoms with Crippen molar-refractivity contribution in [2.45, 2.75) is 11.7 Å². The molecule has 0 spiro atoms. The molecule has 2 heterocycles. The van der Waals surface area contributed by atoms with Gasteiger partial charge in [0.2, 0.25) is 5.91 Å². The van der Waals surface area contributed by atoms with Crippen LogP contribution in [0.3, 0.4) is 0 Å². The van der Waals surface area contributed by atoms with Crippen molar-refractivity contribution in [2.24, 2.45) is 20.2 Å². The Morgan fingerprint density at radius 2 is 2.22 bits per heavy atom. The van der Waals surface area contributed by atoms with Crippen molar-refractivity contribution in [1.29, 1.82) is 0 Å². The van der Waals surface area contributed by atoms with E-state index in [9.17, 15) is 14.4 Å². The zero-order valence-electron chi connectivity index (χ0n) is 11.5. The van der Waals surface area contributed by atoms with Crippen LogP contribution in [0.4, 0.5) is 4.79 Å². The van der Waals surface area contributed by atoms with Gasteiger partial charge in [0.05, 0.1) is 18.0 Å². The van der Waals surface area contributed by atoms with Gasteiger partial charge < -0.3 is 10.4 Å². The fourth-order valence-corrected chi connectivity index (χ4v) is 2.89. The molecule has 2 N–H and O–H groups in total. The molecule has 3 amide bonds. The molecule has 0 aromatic heterocycles. The number of para-hydroxylation sites is 1. The number of aliphatic carboxylic acids is 1. The summed E-state index contributed by atoms with van der Waals surface area (Å²) in [5, 5.41) is 19.2. The summed E-state index contributed by atoms with van der Waals surface area (Å²) in [6.07, 6.45) is 1.11. The number of carbonyl (C=O) groups excluding carboxylic acids is 2. The maximum atomic E-state index is 11.5. The Balaban J connectivity index is 1.76. The molecule has 116 valence electrons. The van der Waals surface area contributed by atoms with Crippen LogP contribution in [0.1, 0.15) is 12.0 Å². The van der Waals surface area contributed by atoms with Crippen LogP contribution in [0, 0.1) is 0 Å². The second kappa shape index (κ2) is 6.08. The molecule has 1 atom stereocenters. The minimum Gasteiger partial charge on any atom is -0.481 e. The lowest BCUT2D eigenvalue weighted by molar-refractivity contribution is -0.138. The first-order chi connectivity index (χ1) is 11.0. The van der Waals surface area contributed by atoms with E-state index in [0.717, 1.165) is 11.8 Å². The highest BCUT2D eigenvalue weighted by Gasteiger charge is 2.32. The third-order valence-corrected chi connectivity index (χ3v) is 4.02. The van der Waals surface area contributed by atoms with Gasteiger partial charge in [-0.3, -0.25) is 9.59 Å². The molecule has 10 heteroatoms. The van der Waals surface area contributed by atoms with E-state index < -0.39 is 23.2 Å². The van der Waals surface area contributed by atoms with Crippen molar-refractivity contribution in [3.05, 3.63) is 34.5 Å². The Morgan fingerprint density at radius 1 is 1.39 bits per heavy atom. The predicted molar refractivity (Wildman–Crippen MR) is 81.0 cm³/mol. The molecule has 23 heavy (non-hydrogen) atoms. The van der Waals surface area contributed by atoms with E-state index in [4.69, 9.17) is 5.11 Å². The fourth-order valence-electron chi connectivity index (χ4n) is 1.98. The number of amidine groups is 1. The Kier molecular flexibility index (Phi) is 3.98. The van der Waals surface area contributed by atoms with E-state index in [1.54, 1.807) is 18.2 Å². The molecule has 0 radical (unpaired) electrons. The molecule has 1 aromatic carbocycles. The summed E-state index contributed by atoms with van der Waals surface area (Å²) in [4.78, 5) is 40.9. The van der Waals surface area contributed by atoms with E-state index in [0.29, 0.717) is 16.3 Å². The number of thioether (sulfide) groups is 1. The number of carboxylic acid groups (broad SMARTS) is 1. The molecule has 3 rings (SSSR count). The number of nitrogens with one attached hydrogen (secondary N) is 1. The number of benzene rings is 1. The summed E-state index contributed by atoms with van der Waals surface area (Å²) in [6, 6.07) is 4.51. The van der Waals surface area contributed by atoms with Gasteiger partial charge in [-0.05, 0) is 6.07 Å². The summed E-state index contributed by atoms with van der Waals surface area (Å²) >= 11 is 1.01. The summed E-state index contributed by atoms with van der Waals surface area (Å²) in [7, 11) is 0. The van der Waals surface area contributed by atoms with Crippen molar-refractivity contribution in [3.8, 4) is 0 Å². The lowest BCUT2D eigenvalue weighted by Crippen LogP contribution is -2.26. The quantitative estimate of drug-likeness (QED) is 0.564. The van der Waals surface area contributed by atoms with E-state index >= 15 is 0 Å². The van der Waals surface area contributed by atoms with Crippen LogP contribution >= 0.6 is 11.8 Å². The Hall–Kier alpha value is -2.88. The third-order valence-electron chi connectivity index (χ3n) is 2.95. The average molecular weight is 331 g/mol. The van der Waals surface area contributed by atoms with Crippen LogP contribution in [0.5, 0.6) is 0 Å². The van der Waals surface area contributed by atoms with E-state index in [1.165, 1.54) is 6.21 Å². The number of nitrogens with zero attached hydrogens (tertiary/aromatic N) is 4. The predicted octanol–water partition coefficient (Wildman–Crippen LogP) is -0.544. The highest BCUT2D eigenvalue weighted by atomic mass is 32.2.